The third-order valence-corrected chi connectivity index (χ3v) is 4.97. The molecule has 0 saturated heterocycles. The largest absolute Gasteiger partial charge is 0.481 e. The molecule has 0 bridgehead atoms. The Kier molecular flexibility index (Phi) is 4.88. The molecule has 1 heterocycles. The quantitative estimate of drug-likeness (QED) is 0.631. The number of para-hydroxylation sites is 1. The van der Waals surface area contributed by atoms with Gasteiger partial charge in [0.15, 0.2) is 0 Å². The van der Waals surface area contributed by atoms with Gasteiger partial charge in [-0.25, -0.2) is 4.98 Å². The van der Waals surface area contributed by atoms with E-state index in [0.717, 1.165) is 30.8 Å². The minimum Gasteiger partial charge on any atom is -0.481 e. The second kappa shape index (κ2) is 7.06. The molecule has 1 N–H and O–H groups in total. The fourth-order valence-electron chi connectivity index (χ4n) is 2.29. The molecule has 0 amide bonds. The topological polar surface area (TPSA) is 50.2 Å². The first-order valence-electron chi connectivity index (χ1n) is 7.16. The second-order valence-electron chi connectivity index (χ2n) is 5.11. The van der Waals surface area contributed by atoms with E-state index < -0.39 is 5.97 Å². The van der Waals surface area contributed by atoms with Crippen molar-refractivity contribution in [2.45, 2.75) is 12.8 Å². The van der Waals surface area contributed by atoms with Crippen LogP contribution in [0.15, 0.2) is 53.0 Å². The van der Waals surface area contributed by atoms with Crippen LogP contribution in [0.4, 0.5) is 0 Å². The number of hydrogen-bond acceptors (Lipinski definition) is 3. The zero-order valence-electron chi connectivity index (χ0n) is 12.2. The van der Waals surface area contributed by atoms with Crippen LogP contribution in [-0.4, -0.2) is 16.1 Å². The number of rotatable bonds is 5. The van der Waals surface area contributed by atoms with E-state index in [1.54, 1.807) is 11.3 Å². The van der Waals surface area contributed by atoms with E-state index in [0.29, 0.717) is 6.42 Å². The molecular weight excluding hydrogens is 374 g/mol. The monoisotopic (exact) mass is 387 g/mol. The highest BCUT2D eigenvalue weighted by Crippen LogP contribution is 2.31. The third-order valence-electron chi connectivity index (χ3n) is 3.37. The van der Waals surface area contributed by atoms with Crippen molar-refractivity contribution >= 4 is 55.1 Å². The van der Waals surface area contributed by atoms with Gasteiger partial charge in [-0.3, -0.25) is 4.79 Å². The number of hydrogen-bond donors (Lipinski definition) is 1. The Hall–Kier alpha value is -1.98. The van der Waals surface area contributed by atoms with E-state index in [1.165, 1.54) is 0 Å². The normalized spacial score (nSPS) is 11.8. The van der Waals surface area contributed by atoms with Crippen molar-refractivity contribution in [2.24, 2.45) is 0 Å². The Morgan fingerprint density at radius 3 is 2.74 bits per heavy atom. The molecule has 2 aromatic carbocycles. The van der Waals surface area contributed by atoms with Gasteiger partial charge in [0.1, 0.15) is 5.01 Å². The van der Waals surface area contributed by atoms with Crippen LogP contribution in [-0.2, 0) is 4.79 Å². The molecule has 5 heteroatoms. The molecule has 0 unspecified atom stereocenters. The summed E-state index contributed by atoms with van der Waals surface area (Å²) in [5.41, 5.74) is 2.92. The summed E-state index contributed by atoms with van der Waals surface area (Å²) >= 11 is 5.06. The number of aromatic nitrogens is 1. The Morgan fingerprint density at radius 1 is 1.17 bits per heavy atom. The van der Waals surface area contributed by atoms with Crippen molar-refractivity contribution in [3.05, 3.63) is 63.6 Å². The van der Waals surface area contributed by atoms with Crippen LogP contribution < -0.4 is 0 Å². The van der Waals surface area contributed by atoms with Crippen LogP contribution >= 0.6 is 27.3 Å². The van der Waals surface area contributed by atoms with Gasteiger partial charge in [-0.05, 0) is 47.9 Å². The summed E-state index contributed by atoms with van der Waals surface area (Å²) in [5.74, 6) is -0.800. The Bertz CT molecular complexity index is 852. The zero-order valence-corrected chi connectivity index (χ0v) is 14.6. The number of nitrogens with zero attached hydrogens (tertiary/aromatic N) is 1. The minimum absolute atomic E-state index is 0.0930. The number of aliphatic carboxylic acids is 1. The van der Waals surface area contributed by atoms with Crippen LogP contribution in [0.25, 0.3) is 21.9 Å². The van der Waals surface area contributed by atoms with Gasteiger partial charge in [0.2, 0.25) is 0 Å². The molecule has 0 aliphatic rings. The lowest BCUT2D eigenvalue weighted by molar-refractivity contribution is -0.136. The van der Waals surface area contributed by atoms with E-state index in [-0.39, 0.29) is 6.42 Å². The van der Waals surface area contributed by atoms with Crippen LogP contribution in [0.2, 0.25) is 0 Å². The van der Waals surface area contributed by atoms with Gasteiger partial charge in [0.05, 0.1) is 10.2 Å². The van der Waals surface area contributed by atoms with Gasteiger partial charge < -0.3 is 5.11 Å². The van der Waals surface area contributed by atoms with Gasteiger partial charge in [0, 0.05) is 10.9 Å². The summed E-state index contributed by atoms with van der Waals surface area (Å²) in [5, 5.41) is 9.89. The maximum atomic E-state index is 11.0. The predicted molar refractivity (Wildman–Crippen MR) is 98.5 cm³/mol. The van der Waals surface area contributed by atoms with Crippen LogP contribution in [0.1, 0.15) is 23.4 Å². The van der Waals surface area contributed by atoms with Gasteiger partial charge in [-0.2, -0.15) is 0 Å². The molecular formula is C18H14BrNO2S. The molecule has 1 aromatic heterocycles. The highest BCUT2D eigenvalue weighted by atomic mass is 79.9. The Balaban J connectivity index is 2.02. The number of thiazole rings is 1. The number of carbonyl (C=O) groups is 1. The van der Waals surface area contributed by atoms with Crippen LogP contribution in [0, 0.1) is 0 Å². The third kappa shape index (κ3) is 4.06. The lowest BCUT2D eigenvalue weighted by Gasteiger charge is -2.03. The molecule has 3 rings (SSSR count). The average Bonchev–Trinajstić information content (AvgIpc) is 2.95. The maximum absolute atomic E-state index is 11.0. The number of benzene rings is 2. The molecule has 0 saturated carbocycles. The summed E-state index contributed by atoms with van der Waals surface area (Å²) < 4.78 is 2.10. The first-order chi connectivity index (χ1) is 11.1. The molecule has 0 radical (unpaired) electrons. The van der Waals surface area contributed by atoms with Crippen molar-refractivity contribution in [1.29, 1.82) is 0 Å². The summed E-state index contributed by atoms with van der Waals surface area (Å²) in [7, 11) is 0. The first-order valence-corrected chi connectivity index (χ1v) is 8.76. The fourth-order valence-corrected chi connectivity index (χ4v) is 3.72. The highest BCUT2D eigenvalue weighted by molar-refractivity contribution is 9.10. The molecule has 0 spiro atoms. The van der Waals surface area contributed by atoms with E-state index in [2.05, 4.69) is 20.9 Å². The maximum Gasteiger partial charge on any atom is 0.303 e. The highest BCUT2D eigenvalue weighted by Gasteiger charge is 2.11. The number of carboxylic acid groups (broad SMARTS) is 1. The smallest absolute Gasteiger partial charge is 0.303 e. The lowest BCUT2D eigenvalue weighted by atomic mass is 10.1. The van der Waals surface area contributed by atoms with Crippen molar-refractivity contribution in [1.82, 2.24) is 4.98 Å². The Morgan fingerprint density at radius 2 is 2.00 bits per heavy atom. The molecule has 0 aliphatic heterocycles. The summed E-state index contributed by atoms with van der Waals surface area (Å²) in [6.07, 6.45) is 2.57. The molecule has 3 aromatic rings. The average molecular weight is 388 g/mol. The standard InChI is InChI=1S/C18H14BrNO2S/c19-14-5-3-4-12(11-14)10-13(8-9-17(21)22)18-20-15-6-1-2-7-16(15)23-18/h1-7,10-11H,8-9H2,(H,21,22)/b13-10+. The fraction of sp³-hybridized carbons (Fsp3) is 0.111. The zero-order chi connectivity index (χ0) is 16.2. The Labute approximate surface area is 146 Å². The van der Waals surface area contributed by atoms with Gasteiger partial charge in [-0.15, -0.1) is 11.3 Å². The van der Waals surface area contributed by atoms with E-state index in [1.807, 2.05) is 54.6 Å². The van der Waals surface area contributed by atoms with Crippen LogP contribution in [0.5, 0.6) is 0 Å². The number of halogens is 1. The summed E-state index contributed by atoms with van der Waals surface area (Å²) in [4.78, 5) is 15.6. The van der Waals surface area contributed by atoms with Gasteiger partial charge >= 0.3 is 5.97 Å². The number of carboxylic acids is 1. The minimum atomic E-state index is -0.800. The van der Waals surface area contributed by atoms with Gasteiger partial charge in [-0.1, -0.05) is 40.2 Å². The molecule has 0 aliphatic carbocycles. The molecule has 0 atom stereocenters. The second-order valence-corrected chi connectivity index (χ2v) is 7.05. The summed E-state index contributed by atoms with van der Waals surface area (Å²) in [6.45, 7) is 0. The van der Waals surface area contributed by atoms with Crippen LogP contribution in [0.3, 0.4) is 0 Å². The van der Waals surface area contributed by atoms with Crippen molar-refractivity contribution in [2.75, 3.05) is 0 Å². The number of fused-ring (bicyclic) bond motifs is 1. The SMILES string of the molecule is O=C(O)CC/C(=C\c1cccc(Br)c1)c1nc2ccccc2s1. The van der Waals surface area contributed by atoms with E-state index in [9.17, 15) is 4.79 Å². The molecule has 3 nitrogen and oxygen atoms in total. The summed E-state index contributed by atoms with van der Waals surface area (Å²) in [6, 6.07) is 15.9. The molecule has 23 heavy (non-hydrogen) atoms. The lowest BCUT2D eigenvalue weighted by Crippen LogP contribution is -1.95. The van der Waals surface area contributed by atoms with E-state index in [4.69, 9.17) is 5.11 Å². The molecule has 0 fully saturated rings. The van der Waals surface area contributed by atoms with Crippen molar-refractivity contribution in [3.8, 4) is 0 Å². The predicted octanol–water partition coefficient (Wildman–Crippen LogP) is 5.46. The first kappa shape index (κ1) is 15.9. The van der Waals surface area contributed by atoms with Crippen molar-refractivity contribution < 1.29 is 9.90 Å². The van der Waals surface area contributed by atoms with E-state index >= 15 is 0 Å². The number of allylic oxidation sites excluding steroid dienone is 1. The van der Waals surface area contributed by atoms with Gasteiger partial charge in [0.25, 0.3) is 0 Å². The molecule has 116 valence electrons. The van der Waals surface area contributed by atoms with Crippen molar-refractivity contribution in [3.63, 3.8) is 0 Å².